The molecule has 0 aliphatic rings. The molecule has 0 aliphatic carbocycles. The lowest BCUT2D eigenvalue weighted by Crippen LogP contribution is -1.88. The number of hydrogen-bond donors (Lipinski definition) is 1. The van der Waals surface area contributed by atoms with Crippen LogP contribution in [0.1, 0.15) is 5.56 Å². The molecule has 0 fully saturated rings. The van der Waals surface area contributed by atoms with Gasteiger partial charge in [0.15, 0.2) is 5.82 Å². The van der Waals surface area contributed by atoms with Crippen molar-refractivity contribution in [1.29, 1.82) is 0 Å². The van der Waals surface area contributed by atoms with E-state index in [-0.39, 0.29) is 0 Å². The van der Waals surface area contributed by atoms with Crippen LogP contribution in [-0.2, 0) is 6.42 Å². The number of hydrogen-bond acceptors (Lipinski definition) is 3. The quantitative estimate of drug-likeness (QED) is 0.598. The lowest BCUT2D eigenvalue weighted by atomic mass is 10.2. The van der Waals surface area contributed by atoms with E-state index in [1.54, 1.807) is 6.08 Å². The van der Waals surface area contributed by atoms with Crippen LogP contribution >= 0.6 is 0 Å². The topological polar surface area (TPSA) is 52.0 Å². The predicted molar refractivity (Wildman–Crippen MR) is 34.8 cm³/mol. The summed E-state index contributed by atoms with van der Waals surface area (Å²) in [5.41, 5.74) is 6.27. The molecule has 1 rings (SSSR count). The molecule has 0 aliphatic heterocycles. The third-order valence-corrected chi connectivity index (χ3v) is 1.04. The highest BCUT2D eigenvalue weighted by atomic mass is 16.5. The minimum atomic E-state index is 0.454. The first-order chi connectivity index (χ1) is 4.34. The van der Waals surface area contributed by atoms with Crippen molar-refractivity contribution in [3.05, 3.63) is 24.5 Å². The van der Waals surface area contributed by atoms with Crippen molar-refractivity contribution in [2.45, 2.75) is 6.42 Å². The summed E-state index contributed by atoms with van der Waals surface area (Å²) in [7, 11) is 0. The summed E-state index contributed by atoms with van der Waals surface area (Å²) in [5.74, 6) is 0.454. The van der Waals surface area contributed by atoms with Gasteiger partial charge in [-0.05, 0) is 6.42 Å². The van der Waals surface area contributed by atoms with E-state index in [0.29, 0.717) is 5.82 Å². The summed E-state index contributed by atoms with van der Waals surface area (Å²) in [6.07, 6.45) is 4.00. The van der Waals surface area contributed by atoms with Gasteiger partial charge in [0.2, 0.25) is 0 Å². The first-order valence-corrected chi connectivity index (χ1v) is 2.64. The molecule has 0 aromatic carbocycles. The van der Waals surface area contributed by atoms with Crippen molar-refractivity contribution >= 4 is 5.82 Å². The van der Waals surface area contributed by atoms with Crippen LogP contribution < -0.4 is 5.73 Å². The fourth-order valence-electron chi connectivity index (χ4n) is 0.574. The van der Waals surface area contributed by atoms with Crippen LogP contribution in [-0.4, -0.2) is 5.16 Å². The normalized spacial score (nSPS) is 9.33. The summed E-state index contributed by atoms with van der Waals surface area (Å²) in [5, 5.41) is 3.49. The number of rotatable bonds is 2. The minimum Gasteiger partial charge on any atom is -0.381 e. The Kier molecular flexibility index (Phi) is 1.53. The van der Waals surface area contributed by atoms with Crippen LogP contribution in [0.2, 0.25) is 0 Å². The Morgan fingerprint density at radius 3 is 3.11 bits per heavy atom. The number of allylic oxidation sites excluding steroid dienone is 1. The molecule has 1 heterocycles. The molecule has 0 bridgehead atoms. The summed E-state index contributed by atoms with van der Waals surface area (Å²) < 4.78 is 4.58. The van der Waals surface area contributed by atoms with Crippen LogP contribution in [0.5, 0.6) is 0 Å². The third kappa shape index (κ3) is 1.10. The van der Waals surface area contributed by atoms with Gasteiger partial charge in [0.25, 0.3) is 0 Å². The van der Waals surface area contributed by atoms with E-state index in [4.69, 9.17) is 5.73 Å². The maximum absolute atomic E-state index is 5.37. The van der Waals surface area contributed by atoms with E-state index in [2.05, 4.69) is 16.3 Å². The van der Waals surface area contributed by atoms with Crippen molar-refractivity contribution in [2.24, 2.45) is 0 Å². The molecule has 0 amide bonds. The monoisotopic (exact) mass is 124 g/mol. The van der Waals surface area contributed by atoms with Gasteiger partial charge in [-0.3, -0.25) is 0 Å². The third-order valence-electron chi connectivity index (χ3n) is 1.04. The molecule has 0 spiro atoms. The Hall–Kier alpha value is -1.25. The van der Waals surface area contributed by atoms with E-state index in [9.17, 15) is 0 Å². The number of nitrogens with zero attached hydrogens (tertiary/aromatic N) is 1. The second-order valence-electron chi connectivity index (χ2n) is 1.72. The zero-order chi connectivity index (χ0) is 6.69. The molecule has 0 saturated carbocycles. The van der Waals surface area contributed by atoms with Gasteiger partial charge in [-0.2, -0.15) is 0 Å². The molecule has 0 radical (unpaired) electrons. The van der Waals surface area contributed by atoms with Gasteiger partial charge in [0.05, 0.1) is 0 Å². The van der Waals surface area contributed by atoms with Gasteiger partial charge in [-0.25, -0.2) is 0 Å². The van der Waals surface area contributed by atoms with Gasteiger partial charge < -0.3 is 10.3 Å². The summed E-state index contributed by atoms with van der Waals surface area (Å²) >= 11 is 0. The summed E-state index contributed by atoms with van der Waals surface area (Å²) in [6, 6.07) is 0. The van der Waals surface area contributed by atoms with Crippen LogP contribution in [0.15, 0.2) is 23.4 Å². The van der Waals surface area contributed by atoms with Crippen LogP contribution in [0, 0.1) is 0 Å². The Balaban J connectivity index is 2.80. The Bertz CT molecular complexity index is 205. The molecule has 0 saturated heterocycles. The number of anilines is 1. The Labute approximate surface area is 53.1 Å². The van der Waals surface area contributed by atoms with Gasteiger partial charge in [-0.15, -0.1) is 6.58 Å². The zero-order valence-corrected chi connectivity index (χ0v) is 5.00. The van der Waals surface area contributed by atoms with Gasteiger partial charge in [-0.1, -0.05) is 11.2 Å². The fraction of sp³-hybridized carbons (Fsp3) is 0.167. The lowest BCUT2D eigenvalue weighted by molar-refractivity contribution is 0.422. The summed E-state index contributed by atoms with van der Waals surface area (Å²) in [4.78, 5) is 0. The molecular formula is C6H8N2O. The van der Waals surface area contributed by atoms with Gasteiger partial charge in [0.1, 0.15) is 6.26 Å². The van der Waals surface area contributed by atoms with E-state index >= 15 is 0 Å². The first-order valence-electron chi connectivity index (χ1n) is 2.64. The van der Waals surface area contributed by atoms with Crippen LogP contribution in [0.4, 0.5) is 5.82 Å². The van der Waals surface area contributed by atoms with Crippen molar-refractivity contribution in [3.63, 3.8) is 0 Å². The molecule has 1 aromatic heterocycles. The van der Waals surface area contributed by atoms with Crippen molar-refractivity contribution < 1.29 is 4.52 Å². The molecule has 0 unspecified atom stereocenters. The predicted octanol–water partition coefficient (Wildman–Crippen LogP) is 0.985. The molecule has 3 nitrogen and oxygen atoms in total. The van der Waals surface area contributed by atoms with Gasteiger partial charge in [0, 0.05) is 5.56 Å². The van der Waals surface area contributed by atoms with Crippen molar-refractivity contribution in [1.82, 2.24) is 5.16 Å². The summed E-state index contributed by atoms with van der Waals surface area (Å²) in [6.45, 7) is 3.55. The van der Waals surface area contributed by atoms with E-state index < -0.39 is 0 Å². The highest BCUT2D eigenvalue weighted by molar-refractivity contribution is 5.36. The Morgan fingerprint density at radius 2 is 2.67 bits per heavy atom. The van der Waals surface area contributed by atoms with E-state index in [1.807, 2.05) is 0 Å². The highest BCUT2D eigenvalue weighted by Crippen LogP contribution is 2.08. The SMILES string of the molecule is C=CCc1conc1N. The largest absolute Gasteiger partial charge is 0.381 e. The standard InChI is InChI=1S/C6H8N2O/c1-2-3-5-4-9-8-6(5)7/h2,4H,1,3H2,(H2,7,8). The second-order valence-corrected chi connectivity index (χ2v) is 1.72. The molecule has 0 atom stereocenters. The zero-order valence-electron chi connectivity index (χ0n) is 5.00. The highest BCUT2D eigenvalue weighted by Gasteiger charge is 1.98. The fourth-order valence-corrected chi connectivity index (χ4v) is 0.574. The molecule has 48 valence electrons. The van der Waals surface area contributed by atoms with Crippen molar-refractivity contribution in [2.75, 3.05) is 5.73 Å². The number of nitrogen functional groups attached to an aromatic ring is 1. The van der Waals surface area contributed by atoms with Gasteiger partial charge >= 0.3 is 0 Å². The molecule has 1 aromatic rings. The number of aromatic nitrogens is 1. The molecule has 2 N–H and O–H groups in total. The first kappa shape index (κ1) is 5.88. The lowest BCUT2D eigenvalue weighted by Gasteiger charge is -1.85. The number of nitrogens with two attached hydrogens (primary N) is 1. The van der Waals surface area contributed by atoms with E-state index in [0.717, 1.165) is 12.0 Å². The average Bonchev–Trinajstić information content (AvgIpc) is 2.18. The Morgan fingerprint density at radius 1 is 1.89 bits per heavy atom. The van der Waals surface area contributed by atoms with Crippen molar-refractivity contribution in [3.8, 4) is 0 Å². The molecular weight excluding hydrogens is 116 g/mol. The van der Waals surface area contributed by atoms with E-state index in [1.165, 1.54) is 6.26 Å². The minimum absolute atomic E-state index is 0.454. The van der Waals surface area contributed by atoms with Crippen LogP contribution in [0.25, 0.3) is 0 Å². The maximum atomic E-state index is 5.37. The smallest absolute Gasteiger partial charge is 0.170 e. The van der Waals surface area contributed by atoms with Crippen LogP contribution in [0.3, 0.4) is 0 Å². The average molecular weight is 124 g/mol. The molecule has 3 heteroatoms. The maximum Gasteiger partial charge on any atom is 0.170 e. The molecule has 9 heavy (non-hydrogen) atoms. The second kappa shape index (κ2) is 2.35.